The molecule has 1 saturated heterocycles. The standard InChI is InChI=1S/C24H27NO4/c26-21-12-11-19(15-21)24(28,23(27)29-22-9-5-2-6-10-22)20-13-14-25(17-20)16-18-7-3-1-4-8-18/h1-10,19-20,28H,11-17H2/t19?,20-,24+/m0/s1. The number of esters is 1. The zero-order chi connectivity index (χ0) is 20.3. The Morgan fingerprint density at radius 3 is 2.38 bits per heavy atom. The first kappa shape index (κ1) is 19.8. The van der Waals surface area contributed by atoms with Crippen LogP contribution in [0.15, 0.2) is 60.7 Å². The lowest BCUT2D eigenvalue weighted by Crippen LogP contribution is -2.54. The van der Waals surface area contributed by atoms with Crippen LogP contribution in [0.25, 0.3) is 0 Å². The van der Waals surface area contributed by atoms with E-state index in [9.17, 15) is 14.7 Å². The van der Waals surface area contributed by atoms with Crippen LogP contribution < -0.4 is 4.74 Å². The van der Waals surface area contributed by atoms with Crippen LogP contribution in [0.4, 0.5) is 0 Å². The minimum Gasteiger partial charge on any atom is -0.424 e. The average Bonchev–Trinajstić information content (AvgIpc) is 3.38. The van der Waals surface area contributed by atoms with Gasteiger partial charge in [0.1, 0.15) is 11.5 Å². The molecule has 3 atom stereocenters. The highest BCUT2D eigenvalue weighted by molar-refractivity contribution is 5.86. The number of ether oxygens (including phenoxy) is 1. The third-order valence-electron chi connectivity index (χ3n) is 6.29. The molecule has 152 valence electrons. The first-order chi connectivity index (χ1) is 14.1. The summed E-state index contributed by atoms with van der Waals surface area (Å²) in [5.74, 6) is -0.736. The molecule has 2 aromatic carbocycles. The average molecular weight is 393 g/mol. The van der Waals surface area contributed by atoms with E-state index in [0.29, 0.717) is 31.6 Å². The zero-order valence-electron chi connectivity index (χ0n) is 16.5. The number of likely N-dealkylation sites (tertiary alicyclic amines) is 1. The first-order valence-corrected chi connectivity index (χ1v) is 10.3. The van der Waals surface area contributed by atoms with Crippen molar-refractivity contribution in [1.29, 1.82) is 0 Å². The number of aliphatic hydroxyl groups is 1. The van der Waals surface area contributed by atoms with Crippen molar-refractivity contribution < 1.29 is 19.4 Å². The third-order valence-corrected chi connectivity index (χ3v) is 6.29. The van der Waals surface area contributed by atoms with Gasteiger partial charge in [-0.3, -0.25) is 9.69 Å². The Hall–Kier alpha value is -2.50. The monoisotopic (exact) mass is 393 g/mol. The molecular formula is C24H27NO4. The van der Waals surface area contributed by atoms with Gasteiger partial charge in [-0.15, -0.1) is 0 Å². The fourth-order valence-electron chi connectivity index (χ4n) is 4.71. The van der Waals surface area contributed by atoms with Gasteiger partial charge in [-0.05, 0) is 37.1 Å². The molecule has 1 saturated carbocycles. The second-order valence-corrected chi connectivity index (χ2v) is 8.21. The van der Waals surface area contributed by atoms with Gasteiger partial charge < -0.3 is 9.84 Å². The van der Waals surface area contributed by atoms with Gasteiger partial charge in [0.15, 0.2) is 5.60 Å². The van der Waals surface area contributed by atoms with E-state index in [-0.39, 0.29) is 24.0 Å². The van der Waals surface area contributed by atoms with Crippen molar-refractivity contribution in [2.45, 2.75) is 37.8 Å². The summed E-state index contributed by atoms with van der Waals surface area (Å²) < 4.78 is 5.57. The molecule has 2 aliphatic rings. The number of hydrogen-bond acceptors (Lipinski definition) is 5. The minimum atomic E-state index is -1.65. The van der Waals surface area contributed by atoms with Gasteiger partial charge in [0.2, 0.25) is 0 Å². The molecule has 0 bridgehead atoms. The molecular weight excluding hydrogens is 366 g/mol. The van der Waals surface area contributed by atoms with Gasteiger partial charge in [0, 0.05) is 37.8 Å². The molecule has 0 aromatic heterocycles. The van der Waals surface area contributed by atoms with Crippen molar-refractivity contribution in [3.63, 3.8) is 0 Å². The van der Waals surface area contributed by atoms with Gasteiger partial charge in [0.25, 0.3) is 0 Å². The van der Waals surface area contributed by atoms with Gasteiger partial charge in [0.05, 0.1) is 0 Å². The molecule has 5 heteroatoms. The molecule has 0 amide bonds. The van der Waals surface area contributed by atoms with Crippen molar-refractivity contribution in [2.24, 2.45) is 11.8 Å². The SMILES string of the molecule is O=C1CCC([C@](O)(C(=O)Oc2ccccc2)[C@H]2CCN(Cc3ccccc3)C2)C1. The number of ketones is 1. The molecule has 29 heavy (non-hydrogen) atoms. The Morgan fingerprint density at radius 2 is 1.72 bits per heavy atom. The molecule has 4 rings (SSSR count). The maximum atomic E-state index is 13.2. The van der Waals surface area contributed by atoms with Crippen LogP contribution in [0.1, 0.15) is 31.2 Å². The molecule has 1 aliphatic carbocycles. The Kier molecular flexibility index (Phi) is 5.79. The van der Waals surface area contributed by atoms with E-state index >= 15 is 0 Å². The summed E-state index contributed by atoms with van der Waals surface area (Å²) in [7, 11) is 0. The minimum absolute atomic E-state index is 0.111. The van der Waals surface area contributed by atoms with E-state index in [1.165, 1.54) is 5.56 Å². The maximum absolute atomic E-state index is 13.2. The Morgan fingerprint density at radius 1 is 1.03 bits per heavy atom. The van der Waals surface area contributed by atoms with Gasteiger partial charge in [-0.2, -0.15) is 0 Å². The molecule has 1 aliphatic heterocycles. The fourth-order valence-corrected chi connectivity index (χ4v) is 4.71. The van der Waals surface area contributed by atoms with Crippen molar-refractivity contribution in [2.75, 3.05) is 13.1 Å². The predicted molar refractivity (Wildman–Crippen MR) is 109 cm³/mol. The van der Waals surface area contributed by atoms with Gasteiger partial charge >= 0.3 is 5.97 Å². The van der Waals surface area contributed by atoms with E-state index in [1.807, 2.05) is 24.3 Å². The predicted octanol–water partition coefficient (Wildman–Crippen LogP) is 3.21. The summed E-state index contributed by atoms with van der Waals surface area (Å²) in [6.45, 7) is 2.20. The van der Waals surface area contributed by atoms with Crippen LogP contribution >= 0.6 is 0 Å². The summed E-state index contributed by atoms with van der Waals surface area (Å²) in [6, 6.07) is 19.0. The normalized spacial score (nSPS) is 24.4. The number of benzene rings is 2. The van der Waals surface area contributed by atoms with E-state index in [0.717, 1.165) is 13.1 Å². The van der Waals surface area contributed by atoms with Crippen molar-refractivity contribution in [1.82, 2.24) is 4.90 Å². The fraction of sp³-hybridized carbons (Fsp3) is 0.417. The Labute approximate surface area is 171 Å². The highest BCUT2D eigenvalue weighted by atomic mass is 16.6. The molecule has 2 aromatic rings. The number of hydrogen-bond donors (Lipinski definition) is 1. The summed E-state index contributed by atoms with van der Waals surface area (Å²) in [5.41, 5.74) is -0.437. The van der Waals surface area contributed by atoms with Crippen LogP contribution in [0.2, 0.25) is 0 Å². The number of carbonyl (C=O) groups is 2. The summed E-state index contributed by atoms with van der Waals surface area (Å²) >= 11 is 0. The van der Waals surface area contributed by atoms with Crippen molar-refractivity contribution in [3.8, 4) is 5.75 Å². The van der Waals surface area contributed by atoms with E-state index < -0.39 is 11.6 Å². The zero-order valence-corrected chi connectivity index (χ0v) is 16.5. The second-order valence-electron chi connectivity index (χ2n) is 8.21. The smallest absolute Gasteiger partial charge is 0.344 e. The van der Waals surface area contributed by atoms with Crippen LogP contribution in [-0.4, -0.2) is 40.4 Å². The number of para-hydroxylation sites is 1. The lowest BCUT2D eigenvalue weighted by molar-refractivity contribution is -0.169. The number of Topliss-reactive ketones (excluding diaryl/α,β-unsaturated/α-hetero) is 1. The molecule has 1 N–H and O–H groups in total. The summed E-state index contributed by atoms with van der Waals surface area (Å²) in [6.07, 6.45) is 1.91. The lowest BCUT2D eigenvalue weighted by Gasteiger charge is -2.36. The maximum Gasteiger partial charge on any atom is 0.344 e. The molecule has 2 fully saturated rings. The summed E-state index contributed by atoms with van der Waals surface area (Å²) in [4.78, 5) is 27.4. The van der Waals surface area contributed by atoms with Crippen LogP contribution in [0.3, 0.4) is 0 Å². The highest BCUT2D eigenvalue weighted by Gasteiger charge is 2.55. The number of nitrogens with zero attached hydrogens (tertiary/aromatic N) is 1. The second kappa shape index (κ2) is 8.47. The topological polar surface area (TPSA) is 66.8 Å². The molecule has 0 spiro atoms. The molecule has 5 nitrogen and oxygen atoms in total. The Balaban J connectivity index is 1.52. The van der Waals surface area contributed by atoms with Crippen LogP contribution in [-0.2, 0) is 16.1 Å². The number of rotatable bonds is 6. The largest absolute Gasteiger partial charge is 0.424 e. The lowest BCUT2D eigenvalue weighted by atomic mass is 9.75. The molecule has 1 heterocycles. The van der Waals surface area contributed by atoms with Crippen molar-refractivity contribution >= 4 is 11.8 Å². The first-order valence-electron chi connectivity index (χ1n) is 10.3. The van der Waals surface area contributed by atoms with Crippen molar-refractivity contribution in [3.05, 3.63) is 66.2 Å². The van der Waals surface area contributed by atoms with Crippen LogP contribution in [0, 0.1) is 11.8 Å². The third kappa shape index (κ3) is 4.26. The van der Waals surface area contributed by atoms with Crippen LogP contribution in [0.5, 0.6) is 5.75 Å². The van der Waals surface area contributed by atoms with E-state index in [1.54, 1.807) is 24.3 Å². The Bertz CT molecular complexity index is 854. The van der Waals surface area contributed by atoms with E-state index in [2.05, 4.69) is 17.0 Å². The number of carbonyl (C=O) groups excluding carboxylic acids is 2. The summed E-state index contributed by atoms with van der Waals surface area (Å²) in [5, 5.41) is 11.7. The highest BCUT2D eigenvalue weighted by Crippen LogP contribution is 2.42. The van der Waals surface area contributed by atoms with Gasteiger partial charge in [-0.25, -0.2) is 4.79 Å². The quantitative estimate of drug-likeness (QED) is 0.603. The molecule has 1 unspecified atom stereocenters. The molecule has 0 radical (unpaired) electrons. The van der Waals surface area contributed by atoms with Gasteiger partial charge in [-0.1, -0.05) is 48.5 Å². The van der Waals surface area contributed by atoms with E-state index in [4.69, 9.17) is 4.74 Å².